The second kappa shape index (κ2) is 8.84. The number of carbonyl (C=O) groups is 1. The number of nitrogens with one attached hydrogen (secondary N) is 1. The maximum Gasteiger partial charge on any atom is 0.262 e. The van der Waals surface area contributed by atoms with E-state index in [2.05, 4.69) is 5.32 Å². The van der Waals surface area contributed by atoms with Crippen molar-refractivity contribution in [3.63, 3.8) is 0 Å². The normalized spacial score (nSPS) is 14.7. The smallest absolute Gasteiger partial charge is 0.262 e. The first kappa shape index (κ1) is 22.2. The molecule has 1 amide bonds. The Morgan fingerprint density at radius 1 is 1.00 bits per heavy atom. The van der Waals surface area contributed by atoms with Crippen LogP contribution in [0.25, 0.3) is 6.08 Å². The molecule has 7 heteroatoms. The van der Waals surface area contributed by atoms with Crippen molar-refractivity contribution in [1.82, 2.24) is 0 Å². The van der Waals surface area contributed by atoms with E-state index >= 15 is 0 Å². The molecule has 0 saturated carbocycles. The molecule has 0 fully saturated rings. The van der Waals surface area contributed by atoms with E-state index < -0.39 is 9.84 Å². The molecule has 1 heterocycles. The Kier molecular flexibility index (Phi) is 6.13. The lowest BCUT2D eigenvalue weighted by Gasteiger charge is -2.20. The Morgan fingerprint density at radius 2 is 1.69 bits per heavy atom. The predicted octanol–water partition coefficient (Wildman–Crippen LogP) is 5.37. The van der Waals surface area contributed by atoms with Gasteiger partial charge in [-0.2, -0.15) is 0 Å². The summed E-state index contributed by atoms with van der Waals surface area (Å²) in [6.45, 7) is 3.85. The summed E-state index contributed by atoms with van der Waals surface area (Å²) in [4.78, 5) is 14.0. The molecule has 1 aliphatic heterocycles. The van der Waals surface area contributed by atoms with E-state index in [4.69, 9.17) is 4.74 Å². The monoisotopic (exact) mass is 465 g/mol. The fourth-order valence-electron chi connectivity index (χ4n) is 3.53. The second-order valence-electron chi connectivity index (χ2n) is 7.63. The quantitative estimate of drug-likeness (QED) is 0.513. The van der Waals surface area contributed by atoms with Gasteiger partial charge in [-0.05, 0) is 72.5 Å². The van der Waals surface area contributed by atoms with Crippen LogP contribution in [0.1, 0.15) is 22.3 Å². The Labute approximate surface area is 192 Å². The van der Waals surface area contributed by atoms with E-state index in [9.17, 15) is 13.2 Å². The summed E-state index contributed by atoms with van der Waals surface area (Å²) >= 11 is 1.27. The number of aryl methyl sites for hydroxylation is 2. The van der Waals surface area contributed by atoms with Crippen molar-refractivity contribution in [2.75, 3.05) is 12.4 Å². The molecule has 0 atom stereocenters. The van der Waals surface area contributed by atoms with Crippen molar-refractivity contribution >= 4 is 39.3 Å². The largest absolute Gasteiger partial charge is 0.497 e. The Balaban J connectivity index is 1.64. The van der Waals surface area contributed by atoms with Gasteiger partial charge in [-0.15, -0.1) is 0 Å². The van der Waals surface area contributed by atoms with E-state index in [1.54, 1.807) is 31.4 Å². The zero-order valence-electron chi connectivity index (χ0n) is 18.0. The van der Waals surface area contributed by atoms with E-state index in [-0.39, 0.29) is 16.6 Å². The lowest BCUT2D eigenvalue weighted by Crippen LogP contribution is -2.17. The van der Waals surface area contributed by atoms with Gasteiger partial charge in [0.25, 0.3) is 5.91 Å². The number of carbonyl (C=O) groups excluding carboxylic acids is 1. The molecule has 0 saturated heterocycles. The highest BCUT2D eigenvalue weighted by Gasteiger charge is 2.25. The average Bonchev–Trinajstić information content (AvgIpc) is 2.77. The first-order chi connectivity index (χ1) is 15.3. The molecule has 3 aromatic carbocycles. The van der Waals surface area contributed by atoms with Crippen LogP contribution in [0.2, 0.25) is 0 Å². The number of ether oxygens (including phenoxy) is 1. The third kappa shape index (κ3) is 4.59. The van der Waals surface area contributed by atoms with Crippen LogP contribution in [0.15, 0.2) is 75.4 Å². The average molecular weight is 466 g/mol. The van der Waals surface area contributed by atoms with Crippen LogP contribution in [0.3, 0.4) is 0 Å². The number of rotatable bonds is 5. The first-order valence-corrected chi connectivity index (χ1v) is 12.5. The standard InChI is InChI=1S/C25H23NO4S2/c1-16-5-4-6-17(2)21(16)15-32(28,29)20-11-12-22-23(14-20)31-24(25(27)26-22)13-18-7-9-19(30-3)10-8-18/h4-14H,15H2,1-3H3,(H,26,27)/b24-13-. The number of fused-ring (bicyclic) bond motifs is 1. The molecule has 0 radical (unpaired) electrons. The van der Waals surface area contributed by atoms with Gasteiger partial charge >= 0.3 is 0 Å². The molecular weight excluding hydrogens is 442 g/mol. The molecule has 1 N–H and O–H groups in total. The molecule has 0 unspecified atom stereocenters. The number of sulfone groups is 1. The number of thioether (sulfide) groups is 1. The Bertz CT molecular complexity index is 1310. The zero-order chi connectivity index (χ0) is 22.9. The van der Waals surface area contributed by atoms with Crippen LogP contribution in [0, 0.1) is 13.8 Å². The lowest BCUT2D eigenvalue weighted by molar-refractivity contribution is -0.112. The molecule has 164 valence electrons. The number of methoxy groups -OCH3 is 1. The second-order valence-corrected chi connectivity index (χ2v) is 10.7. The van der Waals surface area contributed by atoms with Crippen LogP contribution in [-0.4, -0.2) is 21.4 Å². The minimum Gasteiger partial charge on any atom is -0.497 e. The highest BCUT2D eigenvalue weighted by Crippen LogP contribution is 2.40. The van der Waals surface area contributed by atoms with Gasteiger partial charge in [0.2, 0.25) is 0 Å². The van der Waals surface area contributed by atoms with Gasteiger partial charge in [0.15, 0.2) is 9.84 Å². The maximum atomic E-state index is 13.2. The van der Waals surface area contributed by atoms with E-state index in [0.717, 1.165) is 28.0 Å². The summed E-state index contributed by atoms with van der Waals surface area (Å²) in [6.07, 6.45) is 1.78. The maximum absolute atomic E-state index is 13.2. The molecule has 3 aromatic rings. The van der Waals surface area contributed by atoms with Gasteiger partial charge < -0.3 is 10.1 Å². The third-order valence-electron chi connectivity index (χ3n) is 5.40. The van der Waals surface area contributed by atoms with Gasteiger partial charge in [0.05, 0.1) is 28.4 Å². The van der Waals surface area contributed by atoms with Crippen LogP contribution in [0.4, 0.5) is 5.69 Å². The number of hydrogen-bond acceptors (Lipinski definition) is 5. The highest BCUT2D eigenvalue weighted by molar-refractivity contribution is 8.04. The van der Waals surface area contributed by atoms with Crippen molar-refractivity contribution < 1.29 is 17.9 Å². The van der Waals surface area contributed by atoms with Crippen LogP contribution in [0.5, 0.6) is 5.75 Å². The van der Waals surface area contributed by atoms with Gasteiger partial charge in [-0.1, -0.05) is 42.1 Å². The summed E-state index contributed by atoms with van der Waals surface area (Å²) in [5, 5.41) is 2.85. The summed E-state index contributed by atoms with van der Waals surface area (Å²) in [7, 11) is -1.95. The number of amides is 1. The Morgan fingerprint density at radius 3 is 2.34 bits per heavy atom. The van der Waals surface area contributed by atoms with Gasteiger partial charge in [-0.3, -0.25) is 4.79 Å². The SMILES string of the molecule is COc1ccc(/C=C2\Sc3cc(S(=O)(=O)Cc4c(C)cccc4C)ccc3NC2=O)cc1. The summed E-state index contributed by atoms with van der Waals surface area (Å²) in [5.74, 6) is 0.456. The molecule has 5 nitrogen and oxygen atoms in total. The first-order valence-electron chi connectivity index (χ1n) is 10.0. The number of benzene rings is 3. The fourth-order valence-corrected chi connectivity index (χ4v) is 6.17. The number of hydrogen-bond donors (Lipinski definition) is 1. The van der Waals surface area contributed by atoms with Crippen molar-refractivity contribution in [2.24, 2.45) is 0 Å². The Hall–Kier alpha value is -3.03. The van der Waals surface area contributed by atoms with Crippen molar-refractivity contribution in [3.05, 3.63) is 87.8 Å². The minimum absolute atomic E-state index is 0.0597. The van der Waals surface area contributed by atoms with E-state index in [0.29, 0.717) is 15.5 Å². The number of anilines is 1. The van der Waals surface area contributed by atoms with Crippen LogP contribution >= 0.6 is 11.8 Å². The lowest BCUT2D eigenvalue weighted by atomic mass is 10.1. The summed E-state index contributed by atoms with van der Waals surface area (Å²) < 4.78 is 31.5. The highest BCUT2D eigenvalue weighted by atomic mass is 32.2. The topological polar surface area (TPSA) is 72.5 Å². The molecule has 32 heavy (non-hydrogen) atoms. The molecule has 0 bridgehead atoms. The van der Waals surface area contributed by atoms with E-state index in [1.807, 2.05) is 56.3 Å². The van der Waals surface area contributed by atoms with Gasteiger partial charge in [0.1, 0.15) is 5.75 Å². The van der Waals surface area contributed by atoms with Gasteiger partial charge in [-0.25, -0.2) is 8.42 Å². The summed E-state index contributed by atoms with van der Waals surface area (Å²) in [5.41, 5.74) is 4.20. The van der Waals surface area contributed by atoms with Crippen LogP contribution < -0.4 is 10.1 Å². The molecule has 0 aliphatic carbocycles. The zero-order valence-corrected chi connectivity index (χ0v) is 19.6. The van der Waals surface area contributed by atoms with Crippen molar-refractivity contribution in [1.29, 1.82) is 0 Å². The van der Waals surface area contributed by atoms with E-state index in [1.165, 1.54) is 11.8 Å². The minimum atomic E-state index is -3.55. The molecule has 0 spiro atoms. The van der Waals surface area contributed by atoms with Gasteiger partial charge in [0, 0.05) is 4.90 Å². The fraction of sp³-hybridized carbons (Fsp3) is 0.160. The molecule has 0 aromatic heterocycles. The van der Waals surface area contributed by atoms with Crippen molar-refractivity contribution in [3.8, 4) is 5.75 Å². The molecule has 4 rings (SSSR count). The summed E-state index contributed by atoms with van der Waals surface area (Å²) in [6, 6.07) is 18.0. The molecule has 1 aliphatic rings. The molecular formula is C25H23NO4S2. The predicted molar refractivity (Wildman–Crippen MR) is 129 cm³/mol. The third-order valence-corrected chi connectivity index (χ3v) is 8.12. The van der Waals surface area contributed by atoms with Crippen molar-refractivity contribution in [2.45, 2.75) is 29.4 Å². The van der Waals surface area contributed by atoms with Crippen LogP contribution in [-0.2, 0) is 20.4 Å².